The minimum absolute atomic E-state index is 0.410. The third-order valence-corrected chi connectivity index (χ3v) is 7.09. The summed E-state index contributed by atoms with van der Waals surface area (Å²) in [6.07, 6.45) is 13.5. The number of benzene rings is 1. The fourth-order valence-corrected chi connectivity index (χ4v) is 5.41. The second kappa shape index (κ2) is 8.90. The predicted octanol–water partition coefficient (Wildman–Crippen LogP) is 6.49. The van der Waals surface area contributed by atoms with E-state index in [9.17, 15) is 0 Å². The van der Waals surface area contributed by atoms with Crippen molar-refractivity contribution in [2.45, 2.75) is 77.0 Å². The Hall–Kier alpha value is -2.15. The smallest absolute Gasteiger partial charge is 0.230 e. The van der Waals surface area contributed by atoms with E-state index in [1.54, 1.807) is 12.1 Å². The van der Waals surface area contributed by atoms with Crippen LogP contribution in [0.4, 0.5) is 0 Å². The molecule has 2 fully saturated rings. The first kappa shape index (κ1) is 19.2. The molecule has 2 aliphatic rings. The van der Waals surface area contributed by atoms with Gasteiger partial charge in [0.15, 0.2) is 0 Å². The normalized spacial score (nSPS) is 28.0. The van der Waals surface area contributed by atoms with Crippen LogP contribution in [0.5, 0.6) is 0 Å². The minimum atomic E-state index is 0.410. The average molecular weight is 378 g/mol. The zero-order chi connectivity index (χ0) is 19.3. The summed E-state index contributed by atoms with van der Waals surface area (Å²) >= 11 is 0. The van der Waals surface area contributed by atoms with Gasteiger partial charge in [-0.2, -0.15) is 10.2 Å². The summed E-state index contributed by atoms with van der Waals surface area (Å²) in [5.41, 5.74) is 1.56. The summed E-state index contributed by atoms with van der Waals surface area (Å²) in [7, 11) is 0. The van der Waals surface area contributed by atoms with Gasteiger partial charge in [-0.1, -0.05) is 37.8 Å². The maximum Gasteiger partial charge on any atom is 0.230 e. The van der Waals surface area contributed by atoms with E-state index in [1.807, 2.05) is 12.1 Å². The first-order chi connectivity index (χ1) is 13.8. The highest BCUT2D eigenvalue weighted by Gasteiger charge is 2.32. The van der Waals surface area contributed by atoms with E-state index in [0.29, 0.717) is 17.3 Å². The van der Waals surface area contributed by atoms with Gasteiger partial charge in [-0.25, -0.2) is 0 Å². The lowest BCUT2D eigenvalue weighted by Gasteiger charge is -2.37. The van der Waals surface area contributed by atoms with Gasteiger partial charge >= 0.3 is 0 Å². The van der Waals surface area contributed by atoms with E-state index in [4.69, 9.17) is 9.78 Å². The molecule has 4 rings (SSSR count). The summed E-state index contributed by atoms with van der Waals surface area (Å²) < 4.78 is 5.61. The molecule has 1 aromatic heterocycles. The Labute approximate surface area is 168 Å². The number of aromatic nitrogens is 2. The van der Waals surface area contributed by atoms with E-state index in [1.165, 1.54) is 64.2 Å². The minimum Gasteiger partial charge on any atom is -0.339 e. The number of hydrogen-bond donors (Lipinski definition) is 0. The van der Waals surface area contributed by atoms with Crippen LogP contribution in [0, 0.1) is 29.1 Å². The van der Waals surface area contributed by atoms with Crippen LogP contribution in [-0.4, -0.2) is 10.1 Å². The molecular weight excluding hydrogens is 346 g/mol. The van der Waals surface area contributed by atoms with E-state index >= 15 is 0 Å². The van der Waals surface area contributed by atoms with Gasteiger partial charge in [0.05, 0.1) is 11.6 Å². The molecule has 28 heavy (non-hydrogen) atoms. The lowest BCUT2D eigenvalue weighted by molar-refractivity contribution is 0.150. The SMILES string of the molecule is CCCC1CCC(C2CCC(c3nc(-c4ccc(C#N)cc4)no3)CC2)CC1. The highest BCUT2D eigenvalue weighted by atomic mass is 16.5. The molecule has 0 aliphatic heterocycles. The van der Waals surface area contributed by atoms with Crippen molar-refractivity contribution in [1.29, 1.82) is 5.26 Å². The van der Waals surface area contributed by atoms with Crippen LogP contribution in [0.2, 0.25) is 0 Å². The van der Waals surface area contributed by atoms with Crippen molar-refractivity contribution in [3.63, 3.8) is 0 Å². The molecule has 0 spiro atoms. The molecule has 0 bridgehead atoms. The number of rotatable bonds is 5. The lowest BCUT2D eigenvalue weighted by atomic mass is 9.69. The molecule has 4 nitrogen and oxygen atoms in total. The van der Waals surface area contributed by atoms with Gasteiger partial charge in [-0.3, -0.25) is 0 Å². The first-order valence-corrected chi connectivity index (χ1v) is 11.1. The maximum atomic E-state index is 8.93. The first-order valence-electron chi connectivity index (χ1n) is 11.1. The molecule has 1 heterocycles. The van der Waals surface area contributed by atoms with Crippen LogP contribution in [-0.2, 0) is 0 Å². The molecule has 148 valence electrons. The van der Waals surface area contributed by atoms with Crippen molar-refractivity contribution in [3.05, 3.63) is 35.7 Å². The summed E-state index contributed by atoms with van der Waals surface area (Å²) in [6.45, 7) is 2.32. The number of nitriles is 1. The van der Waals surface area contributed by atoms with Crippen molar-refractivity contribution < 1.29 is 4.52 Å². The van der Waals surface area contributed by atoms with Gasteiger partial charge in [0, 0.05) is 11.5 Å². The largest absolute Gasteiger partial charge is 0.339 e. The summed E-state index contributed by atoms with van der Waals surface area (Å²) in [5, 5.41) is 13.1. The molecule has 2 aliphatic carbocycles. The summed E-state index contributed by atoms with van der Waals surface area (Å²) in [5.74, 6) is 4.69. The quantitative estimate of drug-likeness (QED) is 0.597. The highest BCUT2D eigenvalue weighted by Crippen LogP contribution is 2.44. The molecular formula is C24H31N3O. The van der Waals surface area contributed by atoms with Crippen molar-refractivity contribution in [2.75, 3.05) is 0 Å². The second-order valence-electron chi connectivity index (χ2n) is 8.83. The van der Waals surface area contributed by atoms with Crippen LogP contribution in [0.15, 0.2) is 28.8 Å². The predicted molar refractivity (Wildman–Crippen MR) is 110 cm³/mol. The van der Waals surface area contributed by atoms with E-state index in [0.717, 1.165) is 29.2 Å². The average Bonchev–Trinajstić information content (AvgIpc) is 3.25. The zero-order valence-corrected chi connectivity index (χ0v) is 16.9. The third kappa shape index (κ3) is 4.29. The molecule has 2 aromatic rings. The summed E-state index contributed by atoms with van der Waals surface area (Å²) in [4.78, 5) is 4.67. The molecule has 0 radical (unpaired) electrons. The maximum absolute atomic E-state index is 8.93. The van der Waals surface area contributed by atoms with E-state index < -0.39 is 0 Å². The molecule has 0 N–H and O–H groups in total. The molecule has 2 saturated carbocycles. The molecule has 4 heteroatoms. The zero-order valence-electron chi connectivity index (χ0n) is 16.9. The lowest BCUT2D eigenvalue weighted by Crippen LogP contribution is -2.25. The molecule has 0 unspecified atom stereocenters. The Kier molecular flexibility index (Phi) is 6.10. The third-order valence-electron chi connectivity index (χ3n) is 7.09. The Morgan fingerprint density at radius 2 is 1.61 bits per heavy atom. The Balaban J connectivity index is 1.31. The molecule has 1 aromatic carbocycles. The standard InChI is InChI=1S/C24H31N3O/c1-2-3-17-4-8-19(9-5-17)20-12-14-22(15-13-20)24-26-23(27-28-24)21-10-6-18(16-25)7-11-21/h6-7,10-11,17,19-20,22H,2-5,8-9,12-15H2,1H3. The Morgan fingerprint density at radius 3 is 2.21 bits per heavy atom. The van der Waals surface area contributed by atoms with Gasteiger partial charge in [-0.05, 0) is 80.5 Å². The van der Waals surface area contributed by atoms with E-state index in [-0.39, 0.29) is 0 Å². The van der Waals surface area contributed by atoms with Gasteiger partial charge < -0.3 is 4.52 Å². The Bertz CT molecular complexity index is 788. The van der Waals surface area contributed by atoms with E-state index in [2.05, 4.69) is 23.1 Å². The highest BCUT2D eigenvalue weighted by molar-refractivity contribution is 5.55. The van der Waals surface area contributed by atoms with Crippen molar-refractivity contribution in [2.24, 2.45) is 17.8 Å². The van der Waals surface area contributed by atoms with Crippen molar-refractivity contribution >= 4 is 0 Å². The van der Waals surface area contributed by atoms with Crippen LogP contribution < -0.4 is 0 Å². The number of nitrogens with zero attached hydrogens (tertiary/aromatic N) is 3. The fraction of sp³-hybridized carbons (Fsp3) is 0.625. The molecule has 0 atom stereocenters. The topological polar surface area (TPSA) is 62.7 Å². The Morgan fingerprint density at radius 1 is 0.964 bits per heavy atom. The molecule has 0 saturated heterocycles. The van der Waals surface area contributed by atoms with Crippen LogP contribution in [0.25, 0.3) is 11.4 Å². The monoisotopic (exact) mass is 377 g/mol. The molecule has 0 amide bonds. The van der Waals surface area contributed by atoms with Crippen LogP contribution >= 0.6 is 0 Å². The second-order valence-corrected chi connectivity index (χ2v) is 8.83. The summed E-state index contributed by atoms with van der Waals surface area (Å²) in [6, 6.07) is 9.51. The van der Waals surface area contributed by atoms with Crippen molar-refractivity contribution in [1.82, 2.24) is 10.1 Å². The van der Waals surface area contributed by atoms with Gasteiger partial charge in [0.25, 0.3) is 0 Å². The fourth-order valence-electron chi connectivity index (χ4n) is 5.41. The number of hydrogen-bond acceptors (Lipinski definition) is 4. The van der Waals surface area contributed by atoms with Gasteiger partial charge in [0.2, 0.25) is 11.7 Å². The van der Waals surface area contributed by atoms with Crippen molar-refractivity contribution in [3.8, 4) is 17.5 Å². The van der Waals surface area contributed by atoms with Gasteiger partial charge in [0.1, 0.15) is 0 Å². The van der Waals surface area contributed by atoms with Crippen LogP contribution in [0.3, 0.4) is 0 Å². The van der Waals surface area contributed by atoms with Crippen LogP contribution in [0.1, 0.15) is 88.5 Å². The van der Waals surface area contributed by atoms with Gasteiger partial charge in [-0.15, -0.1) is 0 Å².